The molecule has 2 aromatic heterocycles. The van der Waals surface area contributed by atoms with Crippen molar-refractivity contribution >= 4 is 11.9 Å². The molecule has 7 heteroatoms. The van der Waals surface area contributed by atoms with Gasteiger partial charge in [0.15, 0.2) is 11.4 Å². The smallest absolute Gasteiger partial charge is 0.276 e. The highest BCUT2D eigenvalue weighted by molar-refractivity contribution is 5.95. The van der Waals surface area contributed by atoms with Gasteiger partial charge < -0.3 is 15.0 Å². The number of likely N-dealkylation sites (tertiary alicyclic amines) is 1. The third-order valence-corrected chi connectivity index (χ3v) is 5.75. The molecule has 0 radical (unpaired) electrons. The molecule has 1 saturated carbocycles. The maximum Gasteiger partial charge on any atom is 0.276 e. The number of carbonyl (C=O) groups is 1. The largest absolute Gasteiger partial charge is 0.491 e. The zero-order valence-corrected chi connectivity index (χ0v) is 17.6. The number of nitrogens with zero attached hydrogens (tertiary/aromatic N) is 4. The highest BCUT2D eigenvalue weighted by Gasteiger charge is 2.47. The summed E-state index contributed by atoms with van der Waals surface area (Å²) in [6, 6.07) is 5.77. The second-order valence-electron chi connectivity index (χ2n) is 8.19. The number of pyridine rings is 1. The third kappa shape index (κ3) is 4.33. The summed E-state index contributed by atoms with van der Waals surface area (Å²) >= 11 is 0. The van der Waals surface area contributed by atoms with E-state index in [2.05, 4.69) is 20.3 Å². The average Bonchev–Trinajstić information content (AvgIpc) is 3.44. The summed E-state index contributed by atoms with van der Waals surface area (Å²) in [5, 5.41) is 3.35. The highest BCUT2D eigenvalue weighted by Crippen LogP contribution is 2.47. The number of amides is 1. The number of carbonyl (C=O) groups excluding carboxylic acids is 1. The minimum absolute atomic E-state index is 0.0457. The van der Waals surface area contributed by atoms with Crippen molar-refractivity contribution in [2.24, 2.45) is 11.8 Å². The standard InChI is InChI=1S/C22H29N5O2/c1-5-29-19-7-6-13(2)24-20(19)21(28)27-12-17-9-16(17)10-18(27)11-23-22-25-14(3)8-15(4)26-22/h6-8,16-18H,5,9-12H2,1-4H3,(H,23,25,26)/t16-,17+,18+/m1/s1. The quantitative estimate of drug-likeness (QED) is 0.809. The van der Waals surface area contributed by atoms with E-state index in [1.54, 1.807) is 0 Å². The number of aryl methyl sites for hydroxylation is 3. The van der Waals surface area contributed by atoms with Crippen molar-refractivity contribution in [3.8, 4) is 5.75 Å². The Kier molecular flexibility index (Phi) is 5.39. The molecule has 0 bridgehead atoms. The molecule has 7 nitrogen and oxygen atoms in total. The minimum Gasteiger partial charge on any atom is -0.491 e. The van der Waals surface area contributed by atoms with Gasteiger partial charge in [-0.3, -0.25) is 4.79 Å². The summed E-state index contributed by atoms with van der Waals surface area (Å²) in [5.74, 6) is 2.48. The average molecular weight is 396 g/mol. The Balaban J connectivity index is 1.54. The van der Waals surface area contributed by atoms with Gasteiger partial charge in [-0.25, -0.2) is 15.0 Å². The molecular formula is C22H29N5O2. The molecule has 0 unspecified atom stereocenters. The lowest BCUT2D eigenvalue weighted by Gasteiger charge is -2.35. The van der Waals surface area contributed by atoms with Gasteiger partial charge in [-0.1, -0.05) is 0 Å². The zero-order valence-electron chi connectivity index (χ0n) is 17.6. The van der Waals surface area contributed by atoms with Gasteiger partial charge in [0.2, 0.25) is 5.95 Å². The van der Waals surface area contributed by atoms with Crippen LogP contribution in [0.1, 0.15) is 47.3 Å². The van der Waals surface area contributed by atoms with E-state index in [0.717, 1.165) is 36.0 Å². The first kappa shape index (κ1) is 19.6. The number of fused-ring (bicyclic) bond motifs is 1. The second kappa shape index (κ2) is 7.97. The van der Waals surface area contributed by atoms with Crippen LogP contribution in [0.2, 0.25) is 0 Å². The molecule has 3 atom stereocenters. The molecular weight excluding hydrogens is 366 g/mol. The van der Waals surface area contributed by atoms with Crippen LogP contribution in [0, 0.1) is 32.6 Å². The molecule has 2 fully saturated rings. The summed E-state index contributed by atoms with van der Waals surface area (Å²) in [5.41, 5.74) is 3.10. The van der Waals surface area contributed by atoms with E-state index in [1.165, 1.54) is 6.42 Å². The van der Waals surface area contributed by atoms with Crippen molar-refractivity contribution in [2.45, 2.75) is 46.6 Å². The van der Waals surface area contributed by atoms with E-state index in [0.29, 0.717) is 36.5 Å². The van der Waals surface area contributed by atoms with Gasteiger partial charge in [0.1, 0.15) is 0 Å². The first-order chi connectivity index (χ1) is 13.9. The third-order valence-electron chi connectivity index (χ3n) is 5.75. The Morgan fingerprint density at radius 3 is 2.59 bits per heavy atom. The van der Waals surface area contributed by atoms with Crippen LogP contribution >= 0.6 is 0 Å². The van der Waals surface area contributed by atoms with E-state index in [1.807, 2.05) is 50.8 Å². The number of rotatable bonds is 6. The Bertz CT molecular complexity index is 896. The van der Waals surface area contributed by atoms with Crippen LogP contribution in [-0.4, -0.2) is 51.5 Å². The molecule has 1 amide bonds. The van der Waals surface area contributed by atoms with Gasteiger partial charge in [-0.15, -0.1) is 0 Å². The molecule has 154 valence electrons. The topological polar surface area (TPSA) is 80.2 Å². The molecule has 1 aliphatic carbocycles. The normalized spacial score (nSPS) is 22.8. The van der Waals surface area contributed by atoms with Crippen LogP contribution < -0.4 is 10.1 Å². The van der Waals surface area contributed by atoms with Gasteiger partial charge in [-0.2, -0.15) is 0 Å². The predicted molar refractivity (Wildman–Crippen MR) is 111 cm³/mol. The molecule has 1 aliphatic heterocycles. The number of aromatic nitrogens is 3. The first-order valence-corrected chi connectivity index (χ1v) is 10.4. The molecule has 1 saturated heterocycles. The van der Waals surface area contributed by atoms with Gasteiger partial charge in [-0.05, 0) is 70.6 Å². The Morgan fingerprint density at radius 2 is 1.86 bits per heavy atom. The van der Waals surface area contributed by atoms with Crippen molar-refractivity contribution in [3.05, 3.63) is 41.0 Å². The fourth-order valence-corrected chi connectivity index (χ4v) is 4.26. The highest BCUT2D eigenvalue weighted by atomic mass is 16.5. The summed E-state index contributed by atoms with van der Waals surface area (Å²) in [7, 11) is 0. The summed E-state index contributed by atoms with van der Waals surface area (Å²) in [6.45, 7) is 9.66. The van der Waals surface area contributed by atoms with Gasteiger partial charge in [0.25, 0.3) is 5.91 Å². The Labute approximate surface area is 171 Å². The Hall–Kier alpha value is -2.70. The van der Waals surface area contributed by atoms with E-state index >= 15 is 0 Å². The summed E-state index contributed by atoms with van der Waals surface area (Å²) < 4.78 is 5.69. The van der Waals surface area contributed by atoms with E-state index < -0.39 is 0 Å². The lowest BCUT2D eigenvalue weighted by atomic mass is 10.0. The minimum atomic E-state index is -0.0457. The monoisotopic (exact) mass is 395 g/mol. The van der Waals surface area contributed by atoms with Crippen LogP contribution in [0.5, 0.6) is 5.75 Å². The number of ether oxygens (including phenoxy) is 1. The molecule has 0 spiro atoms. The number of anilines is 1. The summed E-state index contributed by atoms with van der Waals surface area (Å²) in [4.78, 5) is 28.9. The zero-order chi connectivity index (χ0) is 20.5. The van der Waals surface area contributed by atoms with E-state index in [-0.39, 0.29) is 11.9 Å². The van der Waals surface area contributed by atoms with Crippen LogP contribution in [0.15, 0.2) is 18.2 Å². The van der Waals surface area contributed by atoms with Gasteiger partial charge >= 0.3 is 0 Å². The van der Waals surface area contributed by atoms with Crippen molar-refractivity contribution < 1.29 is 9.53 Å². The van der Waals surface area contributed by atoms with Crippen LogP contribution in [0.3, 0.4) is 0 Å². The molecule has 2 aliphatic rings. The van der Waals surface area contributed by atoms with Gasteiger partial charge in [0, 0.05) is 36.2 Å². The van der Waals surface area contributed by atoms with Gasteiger partial charge in [0.05, 0.1) is 6.61 Å². The summed E-state index contributed by atoms with van der Waals surface area (Å²) in [6.07, 6.45) is 2.21. The maximum atomic E-state index is 13.5. The van der Waals surface area contributed by atoms with Crippen molar-refractivity contribution in [1.82, 2.24) is 19.9 Å². The fraction of sp³-hybridized carbons (Fsp3) is 0.545. The second-order valence-corrected chi connectivity index (χ2v) is 8.19. The van der Waals surface area contributed by atoms with Crippen molar-refractivity contribution in [2.75, 3.05) is 25.0 Å². The van der Waals surface area contributed by atoms with Crippen molar-refractivity contribution in [3.63, 3.8) is 0 Å². The SMILES string of the molecule is CCOc1ccc(C)nc1C(=O)N1C[C@@H]2C[C@@H]2C[C@H]1CNc1nc(C)cc(C)n1. The molecule has 3 heterocycles. The Morgan fingerprint density at radius 1 is 1.10 bits per heavy atom. The lowest BCUT2D eigenvalue weighted by molar-refractivity contribution is 0.0605. The fourth-order valence-electron chi connectivity index (χ4n) is 4.26. The first-order valence-electron chi connectivity index (χ1n) is 10.4. The van der Waals surface area contributed by atoms with Crippen LogP contribution in [0.4, 0.5) is 5.95 Å². The molecule has 29 heavy (non-hydrogen) atoms. The number of hydrogen-bond acceptors (Lipinski definition) is 6. The maximum absolute atomic E-state index is 13.5. The molecule has 2 aromatic rings. The molecule has 0 aromatic carbocycles. The van der Waals surface area contributed by atoms with Crippen LogP contribution in [-0.2, 0) is 0 Å². The van der Waals surface area contributed by atoms with Crippen molar-refractivity contribution in [1.29, 1.82) is 0 Å². The molecule has 4 rings (SSSR count). The molecule has 1 N–H and O–H groups in total. The predicted octanol–water partition coefficient (Wildman–Crippen LogP) is 3.16. The number of nitrogens with one attached hydrogen (secondary N) is 1. The van der Waals surface area contributed by atoms with E-state index in [9.17, 15) is 4.79 Å². The van der Waals surface area contributed by atoms with E-state index in [4.69, 9.17) is 4.74 Å². The number of hydrogen-bond donors (Lipinski definition) is 1. The number of piperidine rings is 1. The lowest BCUT2D eigenvalue weighted by Crippen LogP contribution is -2.48. The van der Waals surface area contributed by atoms with Crippen LogP contribution in [0.25, 0.3) is 0 Å².